The summed E-state index contributed by atoms with van der Waals surface area (Å²) in [5.41, 5.74) is 6.99. The summed E-state index contributed by atoms with van der Waals surface area (Å²) in [4.78, 5) is 8.51. The number of rotatable bonds is 7. The zero-order valence-corrected chi connectivity index (χ0v) is 15.9. The second-order valence-corrected chi connectivity index (χ2v) is 6.61. The molecule has 0 fully saturated rings. The van der Waals surface area contributed by atoms with Gasteiger partial charge in [0.2, 0.25) is 0 Å². The van der Waals surface area contributed by atoms with E-state index in [1.54, 1.807) is 49.6 Å². The summed E-state index contributed by atoms with van der Waals surface area (Å²) in [6.45, 7) is 0.0508. The molecule has 3 rings (SSSR count). The average molecular weight is 396 g/mol. The van der Waals surface area contributed by atoms with Crippen LogP contribution in [0.3, 0.4) is 0 Å². The Bertz CT molecular complexity index is 1010. The maximum absolute atomic E-state index is 13.8. The van der Waals surface area contributed by atoms with Crippen LogP contribution >= 0.6 is 11.8 Å². The Morgan fingerprint density at radius 1 is 1.11 bits per heavy atom. The van der Waals surface area contributed by atoms with Crippen LogP contribution in [0.5, 0.6) is 11.5 Å². The SMILES string of the molecule is COc1ccc(OCc2nc(SCc3ccccc3F)nc(N)c2C#N)cc1. The predicted octanol–water partition coefficient (Wildman–Crippen LogP) is 3.95. The minimum absolute atomic E-state index is 0.0508. The molecular weight excluding hydrogens is 379 g/mol. The first-order valence-corrected chi connectivity index (χ1v) is 9.29. The molecule has 142 valence electrons. The van der Waals surface area contributed by atoms with E-state index < -0.39 is 0 Å². The van der Waals surface area contributed by atoms with Crippen molar-refractivity contribution in [2.45, 2.75) is 17.5 Å². The molecule has 0 radical (unpaired) electrons. The molecule has 2 N–H and O–H groups in total. The van der Waals surface area contributed by atoms with E-state index in [4.69, 9.17) is 15.2 Å². The number of nitriles is 1. The number of benzene rings is 2. The molecule has 0 amide bonds. The van der Waals surface area contributed by atoms with Crippen LogP contribution in [0.25, 0.3) is 0 Å². The van der Waals surface area contributed by atoms with Crippen molar-refractivity contribution in [1.82, 2.24) is 9.97 Å². The Balaban J connectivity index is 1.75. The monoisotopic (exact) mass is 396 g/mol. The first kappa shape index (κ1) is 19.5. The molecule has 28 heavy (non-hydrogen) atoms. The summed E-state index contributed by atoms with van der Waals surface area (Å²) in [6.07, 6.45) is 0. The molecule has 1 aromatic heterocycles. The molecule has 0 aliphatic heterocycles. The minimum Gasteiger partial charge on any atom is -0.497 e. The van der Waals surface area contributed by atoms with E-state index in [1.165, 1.54) is 17.8 Å². The van der Waals surface area contributed by atoms with E-state index in [9.17, 15) is 9.65 Å². The van der Waals surface area contributed by atoms with Crippen LogP contribution in [0.1, 0.15) is 16.8 Å². The average Bonchev–Trinajstić information content (AvgIpc) is 2.72. The largest absolute Gasteiger partial charge is 0.497 e. The van der Waals surface area contributed by atoms with Crippen LogP contribution in [0.2, 0.25) is 0 Å². The standard InChI is InChI=1S/C20H17FN4O2S/c1-26-14-6-8-15(9-7-14)27-11-18-16(10-22)19(23)25-20(24-18)28-12-13-4-2-3-5-17(13)21/h2-9H,11-12H2,1H3,(H2,23,24,25). The van der Waals surface area contributed by atoms with Gasteiger partial charge >= 0.3 is 0 Å². The van der Waals surface area contributed by atoms with Gasteiger partial charge in [0, 0.05) is 5.75 Å². The van der Waals surface area contributed by atoms with E-state index >= 15 is 0 Å². The van der Waals surface area contributed by atoms with Gasteiger partial charge in [0.15, 0.2) is 5.16 Å². The number of anilines is 1. The number of aromatic nitrogens is 2. The molecule has 3 aromatic rings. The van der Waals surface area contributed by atoms with Gasteiger partial charge in [-0.2, -0.15) is 5.26 Å². The van der Waals surface area contributed by atoms with Gasteiger partial charge in [-0.1, -0.05) is 30.0 Å². The third-order valence-electron chi connectivity index (χ3n) is 3.85. The van der Waals surface area contributed by atoms with Gasteiger partial charge in [0.05, 0.1) is 7.11 Å². The number of nitrogens with two attached hydrogens (primary N) is 1. The van der Waals surface area contributed by atoms with Gasteiger partial charge < -0.3 is 15.2 Å². The van der Waals surface area contributed by atoms with Crippen molar-refractivity contribution >= 4 is 17.6 Å². The number of ether oxygens (including phenoxy) is 2. The third-order valence-corrected chi connectivity index (χ3v) is 4.75. The summed E-state index contributed by atoms with van der Waals surface area (Å²) in [7, 11) is 1.58. The van der Waals surface area contributed by atoms with Crippen LogP contribution < -0.4 is 15.2 Å². The minimum atomic E-state index is -0.292. The van der Waals surface area contributed by atoms with Crippen molar-refractivity contribution in [3.63, 3.8) is 0 Å². The first-order chi connectivity index (χ1) is 13.6. The summed E-state index contributed by atoms with van der Waals surface area (Å²) >= 11 is 1.24. The second-order valence-electron chi connectivity index (χ2n) is 5.67. The van der Waals surface area contributed by atoms with Crippen molar-refractivity contribution in [1.29, 1.82) is 5.26 Å². The number of hydrogen-bond donors (Lipinski definition) is 1. The molecule has 0 aliphatic rings. The van der Waals surface area contributed by atoms with Crippen LogP contribution in [-0.2, 0) is 12.4 Å². The van der Waals surface area contributed by atoms with Crippen LogP contribution in [0, 0.1) is 17.1 Å². The van der Waals surface area contributed by atoms with Crippen molar-refractivity contribution in [2.24, 2.45) is 0 Å². The van der Waals surface area contributed by atoms with E-state index in [0.717, 1.165) is 0 Å². The molecule has 0 unspecified atom stereocenters. The zero-order valence-electron chi connectivity index (χ0n) is 15.1. The van der Waals surface area contributed by atoms with E-state index in [0.29, 0.717) is 33.7 Å². The normalized spacial score (nSPS) is 10.3. The quantitative estimate of drug-likeness (QED) is 0.477. The number of nitrogens with zero attached hydrogens (tertiary/aromatic N) is 3. The molecule has 0 aliphatic carbocycles. The fourth-order valence-corrected chi connectivity index (χ4v) is 3.23. The molecule has 0 bridgehead atoms. The number of methoxy groups -OCH3 is 1. The van der Waals surface area contributed by atoms with Crippen LogP contribution in [-0.4, -0.2) is 17.1 Å². The molecule has 6 nitrogen and oxygen atoms in total. The van der Waals surface area contributed by atoms with Crippen molar-refractivity contribution < 1.29 is 13.9 Å². The Morgan fingerprint density at radius 2 is 1.82 bits per heavy atom. The Morgan fingerprint density at radius 3 is 2.50 bits per heavy atom. The van der Waals surface area contributed by atoms with Crippen molar-refractivity contribution in [3.8, 4) is 17.6 Å². The molecule has 2 aromatic carbocycles. The topological polar surface area (TPSA) is 94.1 Å². The number of nitrogen functional groups attached to an aromatic ring is 1. The fraction of sp³-hybridized carbons (Fsp3) is 0.150. The first-order valence-electron chi connectivity index (χ1n) is 8.30. The van der Waals surface area contributed by atoms with Gasteiger partial charge in [-0.15, -0.1) is 0 Å². The lowest BCUT2D eigenvalue weighted by molar-refractivity contribution is 0.299. The summed E-state index contributed by atoms with van der Waals surface area (Å²) in [5, 5.41) is 9.72. The highest BCUT2D eigenvalue weighted by atomic mass is 32.2. The maximum atomic E-state index is 13.8. The van der Waals surface area contributed by atoms with Crippen molar-refractivity contribution in [2.75, 3.05) is 12.8 Å². The van der Waals surface area contributed by atoms with Gasteiger partial charge in [-0.05, 0) is 35.9 Å². The highest BCUT2D eigenvalue weighted by molar-refractivity contribution is 7.98. The number of hydrogen-bond acceptors (Lipinski definition) is 7. The van der Waals surface area contributed by atoms with Gasteiger partial charge in [-0.25, -0.2) is 14.4 Å². The molecular formula is C20H17FN4O2S. The molecule has 0 saturated heterocycles. The summed E-state index contributed by atoms with van der Waals surface area (Å²) in [6, 6.07) is 15.5. The second kappa shape index (κ2) is 9.06. The lowest BCUT2D eigenvalue weighted by atomic mass is 10.2. The molecule has 8 heteroatoms. The fourth-order valence-electron chi connectivity index (χ4n) is 2.38. The van der Waals surface area contributed by atoms with Crippen LogP contribution in [0.15, 0.2) is 53.7 Å². The zero-order chi connectivity index (χ0) is 19.9. The number of halogens is 1. The molecule has 0 atom stereocenters. The van der Waals surface area contributed by atoms with Gasteiger partial charge in [0.1, 0.15) is 47.1 Å². The van der Waals surface area contributed by atoms with Gasteiger partial charge in [-0.3, -0.25) is 0 Å². The highest BCUT2D eigenvalue weighted by Gasteiger charge is 2.14. The Kier molecular flexibility index (Phi) is 6.29. The lowest BCUT2D eigenvalue weighted by Crippen LogP contribution is -2.08. The maximum Gasteiger partial charge on any atom is 0.190 e. The third kappa shape index (κ3) is 4.69. The number of thioether (sulfide) groups is 1. The van der Waals surface area contributed by atoms with Crippen LogP contribution in [0.4, 0.5) is 10.2 Å². The van der Waals surface area contributed by atoms with Gasteiger partial charge in [0.25, 0.3) is 0 Å². The predicted molar refractivity (Wildman–Crippen MR) is 104 cm³/mol. The Labute approximate surface area is 166 Å². The Hall–Kier alpha value is -3.31. The van der Waals surface area contributed by atoms with E-state index in [1.807, 2.05) is 6.07 Å². The van der Waals surface area contributed by atoms with E-state index in [2.05, 4.69) is 9.97 Å². The van der Waals surface area contributed by atoms with Crippen molar-refractivity contribution in [3.05, 3.63) is 71.2 Å². The van der Waals surface area contributed by atoms with E-state index in [-0.39, 0.29) is 23.8 Å². The molecule has 0 spiro atoms. The highest BCUT2D eigenvalue weighted by Crippen LogP contribution is 2.25. The molecule has 0 saturated carbocycles. The summed E-state index contributed by atoms with van der Waals surface area (Å²) < 4.78 is 24.6. The molecule has 1 heterocycles. The summed E-state index contributed by atoms with van der Waals surface area (Å²) in [5.74, 6) is 1.43. The smallest absolute Gasteiger partial charge is 0.190 e. The lowest BCUT2D eigenvalue weighted by Gasteiger charge is -2.10.